The smallest absolute Gasteiger partial charge is 0.109 e. The van der Waals surface area contributed by atoms with Crippen molar-refractivity contribution in [3.63, 3.8) is 0 Å². The number of thiazole rings is 1. The van der Waals surface area contributed by atoms with Gasteiger partial charge < -0.3 is 5.32 Å². The molecule has 0 saturated carbocycles. The molecule has 0 aromatic carbocycles. The molecule has 2 rings (SSSR count). The van der Waals surface area contributed by atoms with E-state index in [1.807, 2.05) is 30.2 Å². The minimum Gasteiger partial charge on any atom is -0.300 e. The Balaban J connectivity index is 2.04. The molecule has 1 N–H and O–H groups in total. The standard InChI is InChI=1S/C12H18N4S/c1-8-7-13-12(17-8)10(3)15-9(2)11-5-6-14-16(11)4/h5-7,9-10,15H,1-4H3. The highest BCUT2D eigenvalue weighted by molar-refractivity contribution is 7.11. The van der Waals surface area contributed by atoms with Crippen molar-refractivity contribution >= 4 is 11.3 Å². The highest BCUT2D eigenvalue weighted by Gasteiger charge is 2.15. The van der Waals surface area contributed by atoms with Crippen LogP contribution in [0.3, 0.4) is 0 Å². The zero-order valence-electron chi connectivity index (χ0n) is 10.6. The molecule has 4 nitrogen and oxygen atoms in total. The third kappa shape index (κ3) is 2.73. The molecular weight excluding hydrogens is 232 g/mol. The van der Waals surface area contributed by atoms with Crippen molar-refractivity contribution in [3.8, 4) is 0 Å². The summed E-state index contributed by atoms with van der Waals surface area (Å²) in [5.41, 5.74) is 1.19. The summed E-state index contributed by atoms with van der Waals surface area (Å²) in [6, 6.07) is 2.57. The van der Waals surface area contributed by atoms with Gasteiger partial charge in [-0.1, -0.05) is 0 Å². The molecule has 0 aliphatic rings. The topological polar surface area (TPSA) is 42.7 Å². The zero-order valence-corrected chi connectivity index (χ0v) is 11.5. The fraction of sp³-hybridized carbons (Fsp3) is 0.500. The van der Waals surface area contributed by atoms with Crippen LogP contribution in [0.1, 0.15) is 41.5 Å². The van der Waals surface area contributed by atoms with E-state index in [0.717, 1.165) is 5.01 Å². The van der Waals surface area contributed by atoms with Gasteiger partial charge in [-0.15, -0.1) is 11.3 Å². The van der Waals surface area contributed by atoms with Gasteiger partial charge in [-0.3, -0.25) is 4.68 Å². The molecule has 0 saturated heterocycles. The minimum absolute atomic E-state index is 0.263. The van der Waals surface area contributed by atoms with Gasteiger partial charge in [0.25, 0.3) is 0 Å². The first kappa shape index (κ1) is 12.3. The molecule has 2 atom stereocenters. The maximum Gasteiger partial charge on any atom is 0.109 e. The van der Waals surface area contributed by atoms with E-state index >= 15 is 0 Å². The van der Waals surface area contributed by atoms with Crippen LogP contribution in [-0.2, 0) is 7.05 Å². The Labute approximate surface area is 106 Å². The molecular formula is C12H18N4S. The van der Waals surface area contributed by atoms with Gasteiger partial charge in [-0.25, -0.2) is 4.98 Å². The summed E-state index contributed by atoms with van der Waals surface area (Å²) < 4.78 is 1.90. The zero-order chi connectivity index (χ0) is 12.4. The first-order chi connectivity index (χ1) is 8.08. The number of nitrogens with zero attached hydrogens (tertiary/aromatic N) is 3. The van der Waals surface area contributed by atoms with Crippen LogP contribution >= 0.6 is 11.3 Å². The summed E-state index contributed by atoms with van der Waals surface area (Å²) in [5, 5.41) is 8.86. The van der Waals surface area contributed by atoms with Crippen molar-refractivity contribution in [2.75, 3.05) is 0 Å². The normalized spacial score (nSPS) is 14.8. The number of aryl methyl sites for hydroxylation is 2. The van der Waals surface area contributed by atoms with E-state index in [2.05, 4.69) is 36.2 Å². The summed E-state index contributed by atoms with van der Waals surface area (Å²) in [4.78, 5) is 5.66. The fourth-order valence-corrected chi connectivity index (χ4v) is 2.70. The van der Waals surface area contributed by atoms with Crippen molar-refractivity contribution in [2.45, 2.75) is 32.9 Å². The van der Waals surface area contributed by atoms with Crippen molar-refractivity contribution in [2.24, 2.45) is 7.05 Å². The van der Waals surface area contributed by atoms with E-state index in [1.54, 1.807) is 11.3 Å². The second kappa shape index (κ2) is 4.98. The van der Waals surface area contributed by atoms with Gasteiger partial charge in [0.05, 0.1) is 11.7 Å². The number of aromatic nitrogens is 3. The molecule has 2 aromatic rings. The molecule has 0 amide bonds. The lowest BCUT2D eigenvalue weighted by Crippen LogP contribution is -2.24. The van der Waals surface area contributed by atoms with Crippen LogP contribution in [0.15, 0.2) is 18.5 Å². The van der Waals surface area contributed by atoms with Crippen LogP contribution in [0.5, 0.6) is 0 Å². The molecule has 0 aliphatic heterocycles. The Morgan fingerprint density at radius 3 is 2.65 bits per heavy atom. The second-order valence-corrected chi connectivity index (χ2v) is 5.57. The van der Waals surface area contributed by atoms with Crippen LogP contribution in [0.2, 0.25) is 0 Å². The van der Waals surface area contributed by atoms with E-state index < -0.39 is 0 Å². The monoisotopic (exact) mass is 250 g/mol. The number of hydrogen-bond acceptors (Lipinski definition) is 4. The number of hydrogen-bond donors (Lipinski definition) is 1. The van der Waals surface area contributed by atoms with Gasteiger partial charge in [0, 0.05) is 30.4 Å². The Hall–Kier alpha value is -1.20. The largest absolute Gasteiger partial charge is 0.300 e. The molecule has 92 valence electrons. The fourth-order valence-electron chi connectivity index (χ4n) is 1.91. The first-order valence-corrected chi connectivity index (χ1v) is 6.56. The van der Waals surface area contributed by atoms with Gasteiger partial charge in [-0.2, -0.15) is 5.10 Å². The van der Waals surface area contributed by atoms with E-state index in [4.69, 9.17) is 0 Å². The lowest BCUT2D eigenvalue weighted by Gasteiger charge is -2.18. The van der Waals surface area contributed by atoms with Crippen LogP contribution in [0.25, 0.3) is 0 Å². The van der Waals surface area contributed by atoms with Gasteiger partial charge in [0.15, 0.2) is 0 Å². The highest BCUT2D eigenvalue weighted by Crippen LogP contribution is 2.22. The summed E-state index contributed by atoms with van der Waals surface area (Å²) in [6.45, 7) is 6.37. The Kier molecular flexibility index (Phi) is 3.59. The van der Waals surface area contributed by atoms with E-state index in [0.29, 0.717) is 0 Å². The molecule has 0 radical (unpaired) electrons. The molecule has 17 heavy (non-hydrogen) atoms. The van der Waals surface area contributed by atoms with Crippen LogP contribution in [-0.4, -0.2) is 14.8 Å². The first-order valence-electron chi connectivity index (χ1n) is 5.74. The van der Waals surface area contributed by atoms with Crippen LogP contribution in [0.4, 0.5) is 0 Å². The SMILES string of the molecule is Cc1cnc(C(C)NC(C)c2ccnn2C)s1. The predicted molar refractivity (Wildman–Crippen MR) is 70.0 cm³/mol. The number of nitrogens with one attached hydrogen (secondary N) is 1. The quantitative estimate of drug-likeness (QED) is 0.907. The summed E-state index contributed by atoms with van der Waals surface area (Å²) >= 11 is 1.74. The van der Waals surface area contributed by atoms with Crippen molar-refractivity contribution in [3.05, 3.63) is 34.0 Å². The third-order valence-corrected chi connectivity index (χ3v) is 3.91. The van der Waals surface area contributed by atoms with Crippen molar-refractivity contribution in [1.82, 2.24) is 20.1 Å². The van der Waals surface area contributed by atoms with Gasteiger partial charge in [0.2, 0.25) is 0 Å². The molecule has 0 bridgehead atoms. The average molecular weight is 250 g/mol. The molecule has 0 aliphatic carbocycles. The van der Waals surface area contributed by atoms with E-state index in [1.165, 1.54) is 10.6 Å². The highest BCUT2D eigenvalue weighted by atomic mass is 32.1. The van der Waals surface area contributed by atoms with Gasteiger partial charge >= 0.3 is 0 Å². The van der Waals surface area contributed by atoms with Gasteiger partial charge in [-0.05, 0) is 26.8 Å². The predicted octanol–water partition coefficient (Wildman–Crippen LogP) is 2.60. The lowest BCUT2D eigenvalue weighted by molar-refractivity contribution is 0.468. The lowest BCUT2D eigenvalue weighted by atomic mass is 10.2. The molecule has 2 heterocycles. The minimum atomic E-state index is 0.263. The molecule has 0 fully saturated rings. The molecule has 5 heteroatoms. The average Bonchev–Trinajstić information content (AvgIpc) is 2.86. The summed E-state index contributed by atoms with van der Waals surface area (Å²) in [7, 11) is 1.96. The molecule has 2 aromatic heterocycles. The molecule has 0 spiro atoms. The van der Waals surface area contributed by atoms with Crippen molar-refractivity contribution in [1.29, 1.82) is 0 Å². The van der Waals surface area contributed by atoms with Gasteiger partial charge in [0.1, 0.15) is 5.01 Å². The second-order valence-electron chi connectivity index (χ2n) is 4.30. The Morgan fingerprint density at radius 1 is 1.35 bits per heavy atom. The Morgan fingerprint density at radius 2 is 2.12 bits per heavy atom. The van der Waals surface area contributed by atoms with Crippen LogP contribution < -0.4 is 5.32 Å². The summed E-state index contributed by atoms with van der Waals surface area (Å²) in [6.07, 6.45) is 3.75. The van der Waals surface area contributed by atoms with E-state index in [-0.39, 0.29) is 12.1 Å². The third-order valence-electron chi connectivity index (χ3n) is 2.81. The Bertz CT molecular complexity index is 488. The van der Waals surface area contributed by atoms with Crippen LogP contribution in [0, 0.1) is 6.92 Å². The summed E-state index contributed by atoms with van der Waals surface area (Å²) in [5.74, 6) is 0. The van der Waals surface area contributed by atoms with Crippen molar-refractivity contribution < 1.29 is 0 Å². The molecule has 2 unspecified atom stereocenters. The maximum absolute atomic E-state index is 4.41. The maximum atomic E-state index is 4.41. The van der Waals surface area contributed by atoms with E-state index in [9.17, 15) is 0 Å². The number of rotatable bonds is 4.